The fourth-order valence-corrected chi connectivity index (χ4v) is 2.29. The molecule has 0 radical (unpaired) electrons. The molecule has 1 rings (SSSR count). The Kier molecular flexibility index (Phi) is 3.56. The maximum atomic E-state index is 5.92. The molecule has 2 unspecified atom stereocenters. The highest BCUT2D eigenvalue weighted by molar-refractivity contribution is 4.98. The topological polar surface area (TPSA) is 38.5 Å². The third kappa shape index (κ3) is 2.10. The molecular formula is C11H24N2O. The van der Waals surface area contributed by atoms with Crippen LogP contribution in [0.15, 0.2) is 0 Å². The first-order valence-electron chi connectivity index (χ1n) is 5.49. The van der Waals surface area contributed by atoms with Crippen LogP contribution >= 0.6 is 0 Å². The van der Waals surface area contributed by atoms with Crippen molar-refractivity contribution in [2.24, 2.45) is 5.73 Å². The van der Waals surface area contributed by atoms with Gasteiger partial charge in [0, 0.05) is 18.7 Å². The zero-order chi connectivity index (χ0) is 10.8. The lowest BCUT2D eigenvalue weighted by atomic mass is 9.78. The van der Waals surface area contributed by atoms with Crippen molar-refractivity contribution < 1.29 is 4.74 Å². The lowest BCUT2D eigenvalue weighted by molar-refractivity contribution is -0.120. The van der Waals surface area contributed by atoms with Crippen LogP contribution in [0, 0.1) is 0 Å². The van der Waals surface area contributed by atoms with Crippen molar-refractivity contribution in [3.63, 3.8) is 0 Å². The zero-order valence-corrected chi connectivity index (χ0v) is 9.97. The van der Waals surface area contributed by atoms with Crippen LogP contribution in [0.2, 0.25) is 0 Å². The standard InChI is InChI=1S/C11H24N2O/c1-5-10(2)8-11(9-12,13(3)4)6-7-14-10/h5-9,12H2,1-4H3. The van der Waals surface area contributed by atoms with E-state index in [1.165, 1.54) is 0 Å². The molecule has 84 valence electrons. The number of ether oxygens (including phenoxy) is 1. The Morgan fingerprint density at radius 3 is 2.50 bits per heavy atom. The van der Waals surface area contributed by atoms with E-state index in [1.54, 1.807) is 0 Å². The first-order chi connectivity index (χ1) is 6.48. The van der Waals surface area contributed by atoms with Crippen molar-refractivity contribution in [1.82, 2.24) is 4.90 Å². The Morgan fingerprint density at radius 2 is 2.07 bits per heavy atom. The maximum absolute atomic E-state index is 5.92. The quantitative estimate of drug-likeness (QED) is 0.744. The summed E-state index contributed by atoms with van der Waals surface area (Å²) in [5, 5.41) is 0. The molecule has 2 N–H and O–H groups in total. The lowest BCUT2D eigenvalue weighted by Crippen LogP contribution is -2.58. The van der Waals surface area contributed by atoms with Crippen molar-refractivity contribution >= 4 is 0 Å². The van der Waals surface area contributed by atoms with Gasteiger partial charge in [-0.15, -0.1) is 0 Å². The molecule has 0 aliphatic carbocycles. The third-order valence-corrected chi connectivity index (χ3v) is 3.80. The van der Waals surface area contributed by atoms with Gasteiger partial charge in [-0.1, -0.05) is 6.92 Å². The van der Waals surface area contributed by atoms with Crippen molar-refractivity contribution in [1.29, 1.82) is 0 Å². The Labute approximate surface area is 87.6 Å². The van der Waals surface area contributed by atoms with Crippen molar-refractivity contribution in [3.8, 4) is 0 Å². The summed E-state index contributed by atoms with van der Waals surface area (Å²) in [7, 11) is 4.24. The van der Waals surface area contributed by atoms with Crippen LogP contribution in [-0.4, -0.2) is 43.3 Å². The number of hydrogen-bond donors (Lipinski definition) is 1. The molecule has 1 fully saturated rings. The molecule has 3 nitrogen and oxygen atoms in total. The van der Waals surface area contributed by atoms with Gasteiger partial charge in [-0.2, -0.15) is 0 Å². The molecule has 3 heteroatoms. The third-order valence-electron chi connectivity index (χ3n) is 3.80. The van der Waals surface area contributed by atoms with Gasteiger partial charge in [-0.05, 0) is 40.3 Å². The Morgan fingerprint density at radius 1 is 1.43 bits per heavy atom. The van der Waals surface area contributed by atoms with Gasteiger partial charge in [0.25, 0.3) is 0 Å². The van der Waals surface area contributed by atoms with Crippen molar-refractivity contribution in [3.05, 3.63) is 0 Å². The molecular weight excluding hydrogens is 176 g/mol. The molecule has 0 aromatic carbocycles. The molecule has 1 saturated heterocycles. The van der Waals surface area contributed by atoms with Gasteiger partial charge in [-0.3, -0.25) is 0 Å². The van der Waals surface area contributed by atoms with E-state index in [0.29, 0.717) is 0 Å². The highest BCUT2D eigenvalue weighted by atomic mass is 16.5. The van der Waals surface area contributed by atoms with Crippen molar-refractivity contribution in [2.75, 3.05) is 27.2 Å². The van der Waals surface area contributed by atoms with Gasteiger partial charge in [0.05, 0.1) is 5.60 Å². The molecule has 1 aliphatic rings. The molecule has 14 heavy (non-hydrogen) atoms. The number of likely N-dealkylation sites (N-methyl/N-ethyl adjacent to an activating group) is 1. The fraction of sp³-hybridized carbons (Fsp3) is 1.00. The minimum atomic E-state index is 0.0158. The molecule has 1 aliphatic heterocycles. The molecule has 1 heterocycles. The van der Waals surface area contributed by atoms with Gasteiger partial charge in [-0.25, -0.2) is 0 Å². The van der Waals surface area contributed by atoms with Gasteiger partial charge in [0.1, 0.15) is 0 Å². The number of rotatable bonds is 3. The number of nitrogens with two attached hydrogens (primary N) is 1. The summed E-state index contributed by atoms with van der Waals surface area (Å²) in [6.45, 7) is 5.93. The average molecular weight is 200 g/mol. The lowest BCUT2D eigenvalue weighted by Gasteiger charge is -2.49. The normalized spacial score (nSPS) is 39.0. The predicted molar refractivity (Wildman–Crippen MR) is 59.4 cm³/mol. The van der Waals surface area contributed by atoms with E-state index in [9.17, 15) is 0 Å². The Balaban J connectivity index is 2.79. The molecule has 2 atom stereocenters. The van der Waals surface area contributed by atoms with Crippen molar-refractivity contribution in [2.45, 2.75) is 44.2 Å². The van der Waals surface area contributed by atoms with Crippen LogP contribution in [0.4, 0.5) is 0 Å². The van der Waals surface area contributed by atoms with E-state index in [1.807, 2.05) is 0 Å². The second-order valence-electron chi connectivity index (χ2n) is 4.90. The number of nitrogens with zero attached hydrogens (tertiary/aromatic N) is 1. The SMILES string of the molecule is CCC1(C)CC(CN)(N(C)C)CCO1. The maximum Gasteiger partial charge on any atom is 0.0670 e. The highest BCUT2D eigenvalue weighted by Crippen LogP contribution is 2.36. The van der Waals surface area contributed by atoms with E-state index in [2.05, 4.69) is 32.8 Å². The predicted octanol–water partition coefficient (Wildman–Crippen LogP) is 1.22. The molecule has 0 spiro atoms. The van der Waals surface area contributed by atoms with Crippen LogP contribution in [0.1, 0.15) is 33.1 Å². The van der Waals surface area contributed by atoms with Gasteiger partial charge < -0.3 is 15.4 Å². The summed E-state index contributed by atoms with van der Waals surface area (Å²) in [6, 6.07) is 0. The summed E-state index contributed by atoms with van der Waals surface area (Å²) >= 11 is 0. The van der Waals surface area contributed by atoms with Gasteiger partial charge >= 0.3 is 0 Å². The first-order valence-corrected chi connectivity index (χ1v) is 5.49. The van der Waals surface area contributed by atoms with Crippen LogP contribution in [-0.2, 0) is 4.74 Å². The summed E-state index contributed by atoms with van der Waals surface area (Å²) in [4.78, 5) is 2.27. The Hall–Kier alpha value is -0.120. The summed E-state index contributed by atoms with van der Waals surface area (Å²) in [6.07, 6.45) is 3.15. The highest BCUT2D eigenvalue weighted by Gasteiger charge is 2.42. The Bertz CT molecular complexity index is 196. The largest absolute Gasteiger partial charge is 0.375 e. The molecule has 0 aromatic rings. The van der Waals surface area contributed by atoms with E-state index in [0.717, 1.165) is 32.4 Å². The fourth-order valence-electron chi connectivity index (χ4n) is 2.29. The molecule has 0 amide bonds. The summed E-state index contributed by atoms with van der Waals surface area (Å²) in [5.74, 6) is 0. The first kappa shape index (κ1) is 12.0. The van der Waals surface area contributed by atoms with E-state index in [-0.39, 0.29) is 11.1 Å². The minimum absolute atomic E-state index is 0.0158. The molecule has 0 aromatic heterocycles. The van der Waals surface area contributed by atoms with E-state index < -0.39 is 0 Å². The van der Waals surface area contributed by atoms with E-state index >= 15 is 0 Å². The van der Waals surface area contributed by atoms with E-state index in [4.69, 9.17) is 10.5 Å². The molecule has 0 saturated carbocycles. The zero-order valence-electron chi connectivity index (χ0n) is 9.97. The summed E-state index contributed by atoms with van der Waals surface area (Å²) < 4.78 is 5.84. The van der Waals surface area contributed by atoms with Gasteiger partial charge in [0.15, 0.2) is 0 Å². The molecule has 0 bridgehead atoms. The second kappa shape index (κ2) is 4.17. The summed E-state index contributed by atoms with van der Waals surface area (Å²) in [5.41, 5.74) is 6.08. The van der Waals surface area contributed by atoms with Crippen LogP contribution < -0.4 is 5.73 Å². The monoisotopic (exact) mass is 200 g/mol. The number of hydrogen-bond acceptors (Lipinski definition) is 3. The second-order valence-corrected chi connectivity index (χ2v) is 4.90. The smallest absolute Gasteiger partial charge is 0.0670 e. The van der Waals surface area contributed by atoms with Crippen LogP contribution in [0.3, 0.4) is 0 Å². The van der Waals surface area contributed by atoms with Crippen LogP contribution in [0.5, 0.6) is 0 Å². The minimum Gasteiger partial charge on any atom is -0.375 e. The van der Waals surface area contributed by atoms with Crippen LogP contribution in [0.25, 0.3) is 0 Å². The average Bonchev–Trinajstić information content (AvgIpc) is 2.17. The van der Waals surface area contributed by atoms with Gasteiger partial charge in [0.2, 0.25) is 0 Å².